The number of piperidine rings is 1. The zero-order valence-electron chi connectivity index (χ0n) is 17.9. The van der Waals surface area contributed by atoms with Crippen molar-refractivity contribution in [3.05, 3.63) is 35.4 Å². The Morgan fingerprint density at radius 3 is 2.46 bits per heavy atom. The molecule has 0 saturated carbocycles. The molecule has 5 nitrogen and oxygen atoms in total. The van der Waals surface area contributed by atoms with Crippen LogP contribution in [0.2, 0.25) is 0 Å². The van der Waals surface area contributed by atoms with Gasteiger partial charge in [0.1, 0.15) is 0 Å². The van der Waals surface area contributed by atoms with Crippen LogP contribution in [-0.4, -0.2) is 49.7 Å². The van der Waals surface area contributed by atoms with Gasteiger partial charge in [-0.05, 0) is 50.3 Å². The van der Waals surface area contributed by atoms with Crippen molar-refractivity contribution in [3.8, 4) is 0 Å². The number of hydrogen-bond donors (Lipinski definition) is 2. The zero-order valence-corrected chi connectivity index (χ0v) is 20.2. The van der Waals surface area contributed by atoms with Gasteiger partial charge < -0.3 is 20.3 Å². The zero-order chi connectivity index (χ0) is 19.3. The molecule has 6 heteroatoms. The van der Waals surface area contributed by atoms with Gasteiger partial charge >= 0.3 is 0 Å². The minimum Gasteiger partial charge on any atom is -0.377 e. The Kier molecular flexibility index (Phi) is 13.5. The Bertz CT molecular complexity index is 559. The molecular formula is C22H39IN4O. The molecule has 1 aromatic rings. The molecule has 1 heterocycles. The second-order valence-electron chi connectivity index (χ2n) is 7.28. The lowest BCUT2D eigenvalue weighted by Gasteiger charge is -2.32. The van der Waals surface area contributed by atoms with Crippen LogP contribution in [0.1, 0.15) is 57.6 Å². The molecule has 2 rings (SSSR count). The average Bonchev–Trinajstić information content (AvgIpc) is 2.69. The Morgan fingerprint density at radius 2 is 1.82 bits per heavy atom. The first-order valence-electron chi connectivity index (χ1n) is 10.7. The molecule has 1 aliphatic rings. The second-order valence-corrected chi connectivity index (χ2v) is 7.28. The van der Waals surface area contributed by atoms with Crippen LogP contribution in [-0.2, 0) is 17.9 Å². The lowest BCUT2D eigenvalue weighted by molar-refractivity contribution is 0.121. The summed E-state index contributed by atoms with van der Waals surface area (Å²) in [4.78, 5) is 7.41. The fourth-order valence-electron chi connectivity index (χ4n) is 3.47. The van der Waals surface area contributed by atoms with E-state index in [1.807, 2.05) is 0 Å². The van der Waals surface area contributed by atoms with Crippen LogP contribution in [0.5, 0.6) is 0 Å². The van der Waals surface area contributed by atoms with Crippen molar-refractivity contribution < 1.29 is 4.74 Å². The normalized spacial score (nSPS) is 15.9. The van der Waals surface area contributed by atoms with Gasteiger partial charge in [-0.25, -0.2) is 4.99 Å². The van der Waals surface area contributed by atoms with E-state index in [9.17, 15) is 0 Å². The van der Waals surface area contributed by atoms with Crippen molar-refractivity contribution >= 4 is 29.9 Å². The number of benzene rings is 1. The molecule has 1 fully saturated rings. The van der Waals surface area contributed by atoms with Gasteiger partial charge in [0, 0.05) is 32.3 Å². The highest BCUT2D eigenvalue weighted by atomic mass is 127. The molecule has 0 aromatic heterocycles. The first-order valence-corrected chi connectivity index (χ1v) is 10.7. The number of halogens is 1. The Balaban J connectivity index is 0.00000392. The van der Waals surface area contributed by atoms with Crippen molar-refractivity contribution in [1.29, 1.82) is 0 Å². The van der Waals surface area contributed by atoms with Gasteiger partial charge in [0.15, 0.2) is 5.96 Å². The largest absolute Gasteiger partial charge is 0.377 e. The first-order chi connectivity index (χ1) is 13.3. The minimum absolute atomic E-state index is 0. The summed E-state index contributed by atoms with van der Waals surface area (Å²) in [6.45, 7) is 13.1. The number of hydrogen-bond acceptors (Lipinski definition) is 3. The molecule has 160 valence electrons. The number of guanidine groups is 1. The third-order valence-electron chi connectivity index (χ3n) is 4.94. The number of nitrogens with zero attached hydrogens (tertiary/aromatic N) is 2. The lowest BCUT2D eigenvalue weighted by atomic mass is 10.1. The maximum atomic E-state index is 5.73. The fraction of sp³-hybridized carbons (Fsp3) is 0.682. The molecule has 0 spiro atoms. The number of likely N-dealkylation sites (tertiary alicyclic amines) is 1. The van der Waals surface area contributed by atoms with E-state index < -0.39 is 0 Å². The average molecular weight is 502 g/mol. The number of nitrogens with one attached hydrogen (secondary N) is 2. The van der Waals surface area contributed by atoms with Gasteiger partial charge in [0.2, 0.25) is 0 Å². The third-order valence-corrected chi connectivity index (χ3v) is 4.94. The van der Waals surface area contributed by atoms with E-state index in [0.717, 1.165) is 25.5 Å². The molecule has 1 aromatic carbocycles. The molecule has 0 amide bonds. The van der Waals surface area contributed by atoms with Gasteiger partial charge in [-0.2, -0.15) is 0 Å². The Hall–Kier alpha value is -0.860. The molecule has 1 aliphatic heterocycles. The lowest BCUT2D eigenvalue weighted by Crippen LogP contribution is -2.48. The summed E-state index contributed by atoms with van der Waals surface area (Å²) < 4.78 is 5.73. The van der Waals surface area contributed by atoms with E-state index in [0.29, 0.717) is 19.2 Å². The number of aliphatic imine (C=N–C) groups is 1. The predicted octanol–water partition coefficient (Wildman–Crippen LogP) is 4.16. The summed E-state index contributed by atoms with van der Waals surface area (Å²) in [6, 6.07) is 8.97. The quantitative estimate of drug-likeness (QED) is 0.218. The van der Waals surface area contributed by atoms with Gasteiger partial charge in [-0.1, -0.05) is 38.1 Å². The van der Waals surface area contributed by atoms with Crippen LogP contribution in [0, 0.1) is 0 Å². The van der Waals surface area contributed by atoms with Gasteiger partial charge in [-0.15, -0.1) is 24.0 Å². The maximum absolute atomic E-state index is 5.73. The molecule has 0 aliphatic carbocycles. The van der Waals surface area contributed by atoms with E-state index in [4.69, 9.17) is 9.73 Å². The minimum atomic E-state index is 0. The summed E-state index contributed by atoms with van der Waals surface area (Å²) in [7, 11) is 0. The molecule has 0 radical (unpaired) electrons. The van der Waals surface area contributed by atoms with E-state index in [2.05, 4.69) is 60.6 Å². The summed E-state index contributed by atoms with van der Waals surface area (Å²) in [5.74, 6) is 0.927. The topological polar surface area (TPSA) is 48.9 Å². The highest BCUT2D eigenvalue weighted by molar-refractivity contribution is 14.0. The van der Waals surface area contributed by atoms with Crippen LogP contribution >= 0.6 is 24.0 Å². The standard InChI is InChI=1S/C22H38N4O.HI/c1-4-13-26-14-11-21(12-15-26)25-22(23-6-3)24-17-19-9-7-8-10-20(19)18-27-16-5-2;/h7-10,21H,4-6,11-18H2,1-3H3,(H2,23,24,25);1H. The summed E-state index contributed by atoms with van der Waals surface area (Å²) >= 11 is 0. The molecule has 1 saturated heterocycles. The van der Waals surface area contributed by atoms with Crippen molar-refractivity contribution in [1.82, 2.24) is 15.5 Å². The van der Waals surface area contributed by atoms with E-state index >= 15 is 0 Å². The van der Waals surface area contributed by atoms with Gasteiger partial charge in [0.25, 0.3) is 0 Å². The number of ether oxygens (including phenoxy) is 1. The first kappa shape index (κ1) is 25.2. The van der Waals surface area contributed by atoms with Crippen LogP contribution < -0.4 is 10.6 Å². The second kappa shape index (κ2) is 15.0. The van der Waals surface area contributed by atoms with Crippen molar-refractivity contribution in [2.24, 2.45) is 4.99 Å². The predicted molar refractivity (Wildman–Crippen MR) is 130 cm³/mol. The Labute approximate surface area is 188 Å². The maximum Gasteiger partial charge on any atom is 0.191 e. The highest BCUT2D eigenvalue weighted by Gasteiger charge is 2.19. The monoisotopic (exact) mass is 502 g/mol. The molecule has 28 heavy (non-hydrogen) atoms. The van der Waals surface area contributed by atoms with Crippen LogP contribution in [0.25, 0.3) is 0 Å². The fourth-order valence-corrected chi connectivity index (χ4v) is 3.47. The third kappa shape index (κ3) is 9.09. The summed E-state index contributed by atoms with van der Waals surface area (Å²) in [5.41, 5.74) is 2.47. The van der Waals surface area contributed by atoms with E-state index in [1.54, 1.807) is 0 Å². The van der Waals surface area contributed by atoms with Crippen molar-refractivity contribution in [3.63, 3.8) is 0 Å². The highest BCUT2D eigenvalue weighted by Crippen LogP contribution is 2.13. The van der Waals surface area contributed by atoms with Crippen molar-refractivity contribution in [2.75, 3.05) is 32.8 Å². The van der Waals surface area contributed by atoms with Crippen LogP contribution in [0.4, 0.5) is 0 Å². The van der Waals surface area contributed by atoms with Gasteiger partial charge in [0.05, 0.1) is 13.2 Å². The summed E-state index contributed by atoms with van der Waals surface area (Å²) in [5, 5.41) is 7.04. The molecule has 0 atom stereocenters. The van der Waals surface area contributed by atoms with Crippen molar-refractivity contribution in [2.45, 2.75) is 65.6 Å². The van der Waals surface area contributed by atoms with Crippen LogP contribution in [0.3, 0.4) is 0 Å². The Morgan fingerprint density at radius 1 is 1.11 bits per heavy atom. The van der Waals surface area contributed by atoms with E-state index in [1.165, 1.54) is 50.0 Å². The SMILES string of the molecule is CCCOCc1ccccc1CN=C(NCC)NC1CCN(CCC)CC1.I. The summed E-state index contributed by atoms with van der Waals surface area (Å²) in [6.07, 6.45) is 4.66. The smallest absolute Gasteiger partial charge is 0.191 e. The molecule has 0 unspecified atom stereocenters. The van der Waals surface area contributed by atoms with Crippen LogP contribution in [0.15, 0.2) is 29.3 Å². The molecule has 2 N–H and O–H groups in total. The number of rotatable bonds is 10. The van der Waals surface area contributed by atoms with E-state index in [-0.39, 0.29) is 24.0 Å². The molecule has 0 bridgehead atoms. The molecular weight excluding hydrogens is 463 g/mol. The van der Waals surface area contributed by atoms with Gasteiger partial charge in [-0.3, -0.25) is 0 Å².